The molecule has 0 aliphatic rings. The van der Waals surface area contributed by atoms with Crippen molar-refractivity contribution in [2.45, 2.75) is 290 Å². The predicted molar refractivity (Wildman–Crippen MR) is 240 cm³/mol. The summed E-state index contributed by atoms with van der Waals surface area (Å²) in [6, 6.07) is 0. The fourth-order valence-electron chi connectivity index (χ4n) is 8.42. The largest absolute Gasteiger partial charge is 0.481 e. The molecule has 0 aromatic rings. The van der Waals surface area contributed by atoms with Gasteiger partial charge in [0.05, 0.1) is 0 Å². The third kappa shape index (κ3) is 31.8. The van der Waals surface area contributed by atoms with Gasteiger partial charge in [-0.2, -0.15) is 0 Å². The Morgan fingerprint density at radius 2 is 0.621 bits per heavy atom. The van der Waals surface area contributed by atoms with Crippen molar-refractivity contribution in [2.24, 2.45) is 5.41 Å². The zero-order valence-corrected chi connectivity index (χ0v) is 38.6. The number of carbonyl (C=O) groups is 4. The van der Waals surface area contributed by atoms with E-state index in [9.17, 15) is 24.3 Å². The maximum absolute atomic E-state index is 13.1. The van der Waals surface area contributed by atoms with Crippen molar-refractivity contribution in [1.29, 1.82) is 0 Å². The van der Waals surface area contributed by atoms with Crippen LogP contribution in [0.5, 0.6) is 0 Å². The standard InChI is InChI=1S/C50H94O8/c1-5-7-9-11-13-15-17-19-21-23-25-27-29-33-37-41-47(53)57-44(3)50(49(55)56,43-39-35-31-32-36-40-46(51)52)45(4)58-48(54)42-38-34-30-28-26-24-22-20-18-16-14-12-10-8-6-2/h44-45H,5-43H2,1-4H3,(H,51,52)(H,55,56). The molecule has 0 saturated heterocycles. The summed E-state index contributed by atoms with van der Waals surface area (Å²) in [6.45, 7) is 7.78. The molecule has 2 N–H and O–H groups in total. The van der Waals surface area contributed by atoms with Crippen LogP contribution >= 0.6 is 0 Å². The Morgan fingerprint density at radius 1 is 0.379 bits per heavy atom. The number of hydrogen-bond acceptors (Lipinski definition) is 6. The molecular formula is C50H94O8. The maximum Gasteiger partial charge on any atom is 0.317 e. The predicted octanol–water partition coefficient (Wildman–Crippen LogP) is 15.3. The Balaban J connectivity index is 4.70. The van der Waals surface area contributed by atoms with Crippen LogP contribution < -0.4 is 0 Å². The molecule has 2 atom stereocenters. The van der Waals surface area contributed by atoms with Crippen LogP contribution in [0.25, 0.3) is 0 Å². The molecule has 0 aliphatic heterocycles. The minimum Gasteiger partial charge on any atom is -0.481 e. The van der Waals surface area contributed by atoms with Gasteiger partial charge in [0, 0.05) is 19.3 Å². The van der Waals surface area contributed by atoms with Gasteiger partial charge in [-0.25, -0.2) is 0 Å². The van der Waals surface area contributed by atoms with E-state index in [-0.39, 0.29) is 25.7 Å². The molecule has 0 aromatic heterocycles. The average Bonchev–Trinajstić information content (AvgIpc) is 3.18. The van der Waals surface area contributed by atoms with Crippen molar-refractivity contribution >= 4 is 23.9 Å². The molecule has 8 nitrogen and oxygen atoms in total. The first-order chi connectivity index (χ1) is 28.1. The fraction of sp³-hybridized carbons (Fsp3) is 0.920. The number of carboxylic acid groups (broad SMARTS) is 2. The minimum atomic E-state index is -1.57. The normalized spacial score (nSPS) is 13.5. The lowest BCUT2D eigenvalue weighted by Gasteiger charge is -2.39. The maximum atomic E-state index is 13.1. The first-order valence-corrected chi connectivity index (χ1v) is 25.0. The third-order valence-corrected chi connectivity index (χ3v) is 12.4. The second-order valence-electron chi connectivity index (χ2n) is 17.7. The zero-order valence-electron chi connectivity index (χ0n) is 38.6. The van der Waals surface area contributed by atoms with Gasteiger partial charge < -0.3 is 19.7 Å². The van der Waals surface area contributed by atoms with Crippen LogP contribution in [-0.4, -0.2) is 46.3 Å². The molecule has 0 saturated carbocycles. The molecule has 8 heteroatoms. The molecule has 58 heavy (non-hydrogen) atoms. The lowest BCUT2D eigenvalue weighted by Crippen LogP contribution is -2.52. The lowest BCUT2D eigenvalue weighted by atomic mass is 9.73. The van der Waals surface area contributed by atoms with Crippen molar-refractivity contribution < 1.29 is 38.9 Å². The smallest absolute Gasteiger partial charge is 0.317 e. The highest BCUT2D eigenvalue weighted by Gasteiger charge is 2.52. The summed E-state index contributed by atoms with van der Waals surface area (Å²) in [5.41, 5.74) is -1.57. The van der Waals surface area contributed by atoms with Crippen LogP contribution in [0.15, 0.2) is 0 Å². The Labute approximate surface area is 357 Å². The first kappa shape index (κ1) is 55.9. The van der Waals surface area contributed by atoms with E-state index in [0.29, 0.717) is 32.1 Å². The number of rotatable bonds is 45. The van der Waals surface area contributed by atoms with E-state index in [1.54, 1.807) is 13.8 Å². The lowest BCUT2D eigenvalue weighted by molar-refractivity contribution is -0.187. The molecule has 0 amide bonds. The van der Waals surface area contributed by atoms with Crippen molar-refractivity contribution in [3.8, 4) is 0 Å². The number of unbranched alkanes of at least 4 members (excludes halogenated alkanes) is 32. The van der Waals surface area contributed by atoms with Crippen LogP contribution in [0.1, 0.15) is 278 Å². The van der Waals surface area contributed by atoms with Crippen molar-refractivity contribution in [1.82, 2.24) is 0 Å². The highest BCUT2D eigenvalue weighted by molar-refractivity contribution is 5.78. The number of carboxylic acids is 2. The van der Waals surface area contributed by atoms with Gasteiger partial charge in [-0.3, -0.25) is 19.2 Å². The van der Waals surface area contributed by atoms with E-state index in [2.05, 4.69) is 13.8 Å². The van der Waals surface area contributed by atoms with Gasteiger partial charge in [0.2, 0.25) is 0 Å². The average molecular weight is 823 g/mol. The molecule has 0 heterocycles. The summed E-state index contributed by atoms with van der Waals surface area (Å²) >= 11 is 0. The van der Waals surface area contributed by atoms with Crippen LogP contribution in [0.3, 0.4) is 0 Å². The van der Waals surface area contributed by atoms with E-state index in [1.807, 2.05) is 0 Å². The number of esters is 2. The van der Waals surface area contributed by atoms with Gasteiger partial charge in [0.25, 0.3) is 0 Å². The molecule has 0 aliphatic carbocycles. The molecule has 0 aromatic carbocycles. The molecule has 0 bridgehead atoms. The van der Waals surface area contributed by atoms with Gasteiger partial charge in [-0.1, -0.05) is 219 Å². The topological polar surface area (TPSA) is 127 Å². The zero-order chi connectivity index (χ0) is 43.0. The van der Waals surface area contributed by atoms with E-state index in [0.717, 1.165) is 38.5 Å². The minimum absolute atomic E-state index is 0.123. The van der Waals surface area contributed by atoms with Gasteiger partial charge in [-0.05, 0) is 39.5 Å². The number of aliphatic carboxylic acids is 2. The summed E-state index contributed by atoms with van der Waals surface area (Å²) < 4.78 is 11.7. The van der Waals surface area contributed by atoms with Crippen molar-refractivity contribution in [3.05, 3.63) is 0 Å². The number of carbonyl (C=O) groups excluding carboxylic acids is 2. The summed E-state index contributed by atoms with van der Waals surface area (Å²) in [5, 5.41) is 19.6. The summed E-state index contributed by atoms with van der Waals surface area (Å²) in [5.74, 6) is -2.75. The molecule has 342 valence electrons. The van der Waals surface area contributed by atoms with Crippen LogP contribution in [0, 0.1) is 5.41 Å². The van der Waals surface area contributed by atoms with E-state index < -0.39 is 41.5 Å². The van der Waals surface area contributed by atoms with Crippen LogP contribution in [-0.2, 0) is 28.7 Å². The van der Waals surface area contributed by atoms with Crippen LogP contribution in [0.4, 0.5) is 0 Å². The Hall–Kier alpha value is -2.12. The second-order valence-corrected chi connectivity index (χ2v) is 17.7. The van der Waals surface area contributed by atoms with E-state index >= 15 is 0 Å². The fourth-order valence-corrected chi connectivity index (χ4v) is 8.42. The monoisotopic (exact) mass is 823 g/mol. The molecule has 2 unspecified atom stereocenters. The van der Waals surface area contributed by atoms with Gasteiger partial charge in [0.1, 0.15) is 17.6 Å². The quantitative estimate of drug-likeness (QED) is 0.0459. The van der Waals surface area contributed by atoms with Gasteiger partial charge in [0.15, 0.2) is 0 Å². The summed E-state index contributed by atoms with van der Waals surface area (Å²) in [4.78, 5) is 50.0. The van der Waals surface area contributed by atoms with E-state index in [4.69, 9.17) is 14.6 Å². The highest BCUT2D eigenvalue weighted by Crippen LogP contribution is 2.38. The molecule has 0 rings (SSSR count). The Bertz CT molecular complexity index is 927. The molecule has 0 fully saturated rings. The van der Waals surface area contributed by atoms with Crippen molar-refractivity contribution in [3.63, 3.8) is 0 Å². The van der Waals surface area contributed by atoms with E-state index in [1.165, 1.54) is 154 Å². The summed E-state index contributed by atoms with van der Waals surface area (Å²) in [7, 11) is 0. The third-order valence-electron chi connectivity index (χ3n) is 12.4. The number of ether oxygens (including phenoxy) is 2. The number of hydrogen-bond donors (Lipinski definition) is 2. The summed E-state index contributed by atoms with van der Waals surface area (Å²) in [6.07, 6.45) is 39.4. The molecule has 0 spiro atoms. The first-order valence-electron chi connectivity index (χ1n) is 25.0. The van der Waals surface area contributed by atoms with Gasteiger partial charge in [-0.15, -0.1) is 0 Å². The SMILES string of the molecule is CCCCCCCCCCCCCCCCCC(=O)OC(C)C(CCCCCCCC(=O)O)(C(=O)O)C(C)OC(=O)CCCCCCCCCCCCCCCCC. The Morgan fingerprint density at radius 3 is 0.879 bits per heavy atom. The van der Waals surface area contributed by atoms with Gasteiger partial charge >= 0.3 is 23.9 Å². The Kier molecular flexibility index (Phi) is 38.8. The second kappa shape index (κ2) is 40.3. The van der Waals surface area contributed by atoms with Crippen LogP contribution in [0.2, 0.25) is 0 Å². The van der Waals surface area contributed by atoms with Crippen molar-refractivity contribution in [2.75, 3.05) is 0 Å². The highest BCUT2D eigenvalue weighted by atomic mass is 16.6. The molecule has 0 radical (unpaired) electrons. The molecular weight excluding hydrogens is 729 g/mol.